The van der Waals surface area contributed by atoms with Crippen LogP contribution < -0.4 is 4.72 Å². The van der Waals surface area contributed by atoms with E-state index in [4.69, 9.17) is 4.74 Å². The van der Waals surface area contributed by atoms with E-state index >= 15 is 0 Å². The fraction of sp³-hybridized carbons (Fsp3) is 0.263. The van der Waals surface area contributed by atoms with Gasteiger partial charge < -0.3 is 4.74 Å². The number of carbonyl (C=O) groups is 2. The second-order valence-electron chi connectivity index (χ2n) is 6.11. The molecule has 0 aliphatic rings. The van der Waals surface area contributed by atoms with Gasteiger partial charge in [0.25, 0.3) is 0 Å². The first-order chi connectivity index (χ1) is 12.1. The summed E-state index contributed by atoms with van der Waals surface area (Å²) < 4.78 is 29.9. The van der Waals surface area contributed by atoms with Gasteiger partial charge in [0.1, 0.15) is 0 Å². The number of esters is 1. The van der Waals surface area contributed by atoms with Crippen molar-refractivity contribution in [3.8, 4) is 0 Å². The summed E-state index contributed by atoms with van der Waals surface area (Å²) in [6.07, 6.45) is 0.207. The Labute approximate surface area is 153 Å². The van der Waals surface area contributed by atoms with E-state index in [0.717, 1.165) is 17.4 Å². The minimum Gasteiger partial charge on any atom is -0.454 e. The Kier molecular flexibility index (Phi) is 6.15. The molecule has 7 heteroatoms. The molecule has 6 nitrogen and oxygen atoms in total. The highest BCUT2D eigenvalue weighted by atomic mass is 32.2. The first kappa shape index (κ1) is 19.7. The molecule has 0 saturated heterocycles. The lowest BCUT2D eigenvalue weighted by Crippen LogP contribution is -2.25. The number of rotatable bonds is 7. The fourth-order valence-electron chi connectivity index (χ4n) is 2.32. The van der Waals surface area contributed by atoms with Gasteiger partial charge in [-0.3, -0.25) is 14.3 Å². The number of Topliss-reactive ketones (excluding diaryl/α,β-unsaturated/α-hetero) is 1. The summed E-state index contributed by atoms with van der Waals surface area (Å²) in [5, 5.41) is 0. The van der Waals surface area contributed by atoms with Crippen molar-refractivity contribution in [3.63, 3.8) is 0 Å². The highest BCUT2D eigenvalue weighted by Gasteiger charge is 2.19. The maximum atomic E-state index is 12.4. The second kappa shape index (κ2) is 8.14. The number of benzene rings is 2. The lowest BCUT2D eigenvalue weighted by molar-refractivity contribution is -0.145. The van der Waals surface area contributed by atoms with E-state index in [1.54, 1.807) is 0 Å². The predicted octanol–water partition coefficient (Wildman–Crippen LogP) is 2.72. The number of hydrogen-bond acceptors (Lipinski definition) is 5. The SMILES string of the molecule is Cc1ccc(CC(=O)O[C@@H](C)C(=O)c2ccc(NS(C)(=O)=O)cc2)cc1. The van der Waals surface area contributed by atoms with Crippen molar-refractivity contribution in [2.24, 2.45) is 0 Å². The minimum absolute atomic E-state index is 0.0924. The van der Waals surface area contributed by atoms with Crippen LogP contribution in [0.2, 0.25) is 0 Å². The molecule has 0 unspecified atom stereocenters. The molecule has 2 rings (SSSR count). The van der Waals surface area contributed by atoms with Crippen LogP contribution in [0.25, 0.3) is 0 Å². The van der Waals surface area contributed by atoms with E-state index in [2.05, 4.69) is 4.72 Å². The number of nitrogens with one attached hydrogen (secondary N) is 1. The maximum absolute atomic E-state index is 12.4. The number of hydrogen-bond donors (Lipinski definition) is 1. The highest BCUT2D eigenvalue weighted by molar-refractivity contribution is 7.92. The molecule has 0 amide bonds. The van der Waals surface area contributed by atoms with Crippen molar-refractivity contribution >= 4 is 27.5 Å². The van der Waals surface area contributed by atoms with Gasteiger partial charge in [0, 0.05) is 11.3 Å². The number of sulfonamides is 1. The zero-order chi connectivity index (χ0) is 19.3. The molecule has 0 saturated carbocycles. The van der Waals surface area contributed by atoms with E-state index in [1.807, 2.05) is 31.2 Å². The fourth-order valence-corrected chi connectivity index (χ4v) is 2.88. The average molecular weight is 375 g/mol. The van der Waals surface area contributed by atoms with Crippen LogP contribution in [0, 0.1) is 6.92 Å². The molecule has 26 heavy (non-hydrogen) atoms. The topological polar surface area (TPSA) is 89.5 Å². The van der Waals surface area contributed by atoms with Crippen LogP contribution in [0.4, 0.5) is 5.69 Å². The Bertz CT molecular complexity index is 887. The number of carbonyl (C=O) groups excluding carboxylic acids is 2. The number of anilines is 1. The van der Waals surface area contributed by atoms with Crippen LogP contribution in [0.5, 0.6) is 0 Å². The van der Waals surface area contributed by atoms with E-state index < -0.39 is 22.1 Å². The summed E-state index contributed by atoms with van der Waals surface area (Å²) in [6.45, 7) is 3.47. The molecule has 0 aromatic heterocycles. The summed E-state index contributed by atoms with van der Waals surface area (Å²) in [7, 11) is -3.38. The normalized spacial score (nSPS) is 12.3. The lowest BCUT2D eigenvalue weighted by Gasteiger charge is -2.13. The van der Waals surface area contributed by atoms with Crippen molar-refractivity contribution in [2.75, 3.05) is 11.0 Å². The maximum Gasteiger partial charge on any atom is 0.310 e. The van der Waals surface area contributed by atoms with Crippen molar-refractivity contribution in [2.45, 2.75) is 26.4 Å². The van der Waals surface area contributed by atoms with Crippen LogP contribution in [-0.2, 0) is 26.0 Å². The van der Waals surface area contributed by atoms with E-state index in [1.165, 1.54) is 31.2 Å². The van der Waals surface area contributed by atoms with Gasteiger partial charge in [0.05, 0.1) is 12.7 Å². The zero-order valence-electron chi connectivity index (χ0n) is 14.9. The molecular weight excluding hydrogens is 354 g/mol. The molecule has 0 radical (unpaired) electrons. The van der Waals surface area contributed by atoms with Crippen LogP contribution in [0.3, 0.4) is 0 Å². The molecular formula is C19H21NO5S. The Hall–Kier alpha value is -2.67. The third-order valence-electron chi connectivity index (χ3n) is 3.62. The second-order valence-corrected chi connectivity index (χ2v) is 7.86. The van der Waals surface area contributed by atoms with Crippen LogP contribution in [0.15, 0.2) is 48.5 Å². The largest absolute Gasteiger partial charge is 0.454 e. The molecule has 0 spiro atoms. The van der Waals surface area contributed by atoms with Gasteiger partial charge in [-0.1, -0.05) is 29.8 Å². The van der Waals surface area contributed by atoms with Gasteiger partial charge in [-0.25, -0.2) is 8.42 Å². The van der Waals surface area contributed by atoms with Crippen molar-refractivity contribution in [1.29, 1.82) is 0 Å². The Morgan fingerprint density at radius 2 is 1.62 bits per heavy atom. The van der Waals surface area contributed by atoms with Crippen LogP contribution in [0.1, 0.15) is 28.4 Å². The standard InChI is InChI=1S/C19H21NO5S/c1-13-4-6-15(7-5-13)12-18(21)25-14(2)19(22)16-8-10-17(11-9-16)20-26(3,23)24/h4-11,14,20H,12H2,1-3H3/t14-/m0/s1. The number of ether oxygens (including phenoxy) is 1. The van der Waals surface area contributed by atoms with E-state index in [-0.39, 0.29) is 12.2 Å². The minimum atomic E-state index is -3.38. The first-order valence-electron chi connectivity index (χ1n) is 8.01. The summed E-state index contributed by atoms with van der Waals surface area (Å²) in [6, 6.07) is 13.4. The molecule has 0 aliphatic heterocycles. The Morgan fingerprint density at radius 3 is 2.15 bits per heavy atom. The third kappa shape index (κ3) is 6.00. The van der Waals surface area contributed by atoms with Gasteiger partial charge in [-0.05, 0) is 43.7 Å². The zero-order valence-corrected chi connectivity index (χ0v) is 15.7. The molecule has 1 N–H and O–H groups in total. The summed E-state index contributed by atoms with van der Waals surface area (Å²) in [4.78, 5) is 24.4. The van der Waals surface area contributed by atoms with E-state index in [9.17, 15) is 18.0 Å². The molecule has 138 valence electrons. The lowest BCUT2D eigenvalue weighted by atomic mass is 10.1. The predicted molar refractivity (Wildman–Crippen MR) is 99.7 cm³/mol. The quantitative estimate of drug-likeness (QED) is 0.594. The van der Waals surface area contributed by atoms with Crippen molar-refractivity contribution < 1.29 is 22.7 Å². The molecule has 0 bridgehead atoms. The van der Waals surface area contributed by atoms with Gasteiger partial charge in [-0.2, -0.15) is 0 Å². The van der Waals surface area contributed by atoms with Crippen LogP contribution in [-0.4, -0.2) is 32.5 Å². The van der Waals surface area contributed by atoms with Gasteiger partial charge in [0.15, 0.2) is 6.10 Å². The number of ketones is 1. The molecule has 2 aromatic carbocycles. The van der Waals surface area contributed by atoms with Crippen molar-refractivity contribution in [1.82, 2.24) is 0 Å². The molecule has 0 heterocycles. The van der Waals surface area contributed by atoms with Gasteiger partial charge in [-0.15, -0.1) is 0 Å². The average Bonchev–Trinajstić information content (AvgIpc) is 2.55. The summed E-state index contributed by atoms with van der Waals surface area (Å²) in [5.41, 5.74) is 2.60. The number of aryl methyl sites for hydroxylation is 1. The molecule has 0 aliphatic carbocycles. The van der Waals surface area contributed by atoms with E-state index in [0.29, 0.717) is 11.3 Å². The Morgan fingerprint density at radius 1 is 1.04 bits per heavy atom. The van der Waals surface area contributed by atoms with Crippen molar-refractivity contribution in [3.05, 3.63) is 65.2 Å². The van der Waals surface area contributed by atoms with Crippen LogP contribution >= 0.6 is 0 Å². The van der Waals surface area contributed by atoms with Gasteiger partial charge in [0.2, 0.25) is 15.8 Å². The Balaban J connectivity index is 1.95. The molecule has 0 fully saturated rings. The first-order valence-corrected chi connectivity index (χ1v) is 9.90. The molecule has 2 aromatic rings. The summed E-state index contributed by atoms with van der Waals surface area (Å²) in [5.74, 6) is -0.835. The highest BCUT2D eigenvalue weighted by Crippen LogP contribution is 2.14. The third-order valence-corrected chi connectivity index (χ3v) is 4.23. The molecule has 1 atom stereocenters. The smallest absolute Gasteiger partial charge is 0.310 e. The summed E-state index contributed by atoms with van der Waals surface area (Å²) >= 11 is 0. The monoisotopic (exact) mass is 375 g/mol. The van der Waals surface area contributed by atoms with Gasteiger partial charge >= 0.3 is 5.97 Å².